The number of sulfonamides is 1. The van der Waals surface area contributed by atoms with Crippen molar-refractivity contribution in [3.63, 3.8) is 0 Å². The average molecular weight is 444 g/mol. The van der Waals surface area contributed by atoms with Crippen LogP contribution in [-0.2, 0) is 17.1 Å². The zero-order chi connectivity index (χ0) is 21.2. The van der Waals surface area contributed by atoms with E-state index in [-0.39, 0.29) is 28.3 Å². The van der Waals surface area contributed by atoms with Crippen LogP contribution < -0.4 is 16.0 Å². The van der Waals surface area contributed by atoms with Crippen LogP contribution >= 0.6 is 11.6 Å². The van der Waals surface area contributed by atoms with E-state index in [4.69, 9.17) is 17.3 Å². The van der Waals surface area contributed by atoms with Crippen molar-refractivity contribution < 1.29 is 17.6 Å². The molecule has 1 heterocycles. The van der Waals surface area contributed by atoms with Gasteiger partial charge < -0.3 is 10.3 Å². The first kappa shape index (κ1) is 21.7. The zero-order valence-electron chi connectivity index (χ0n) is 15.9. The Balaban J connectivity index is 1.70. The van der Waals surface area contributed by atoms with Crippen molar-refractivity contribution in [2.24, 2.45) is 18.7 Å². The van der Waals surface area contributed by atoms with E-state index < -0.39 is 21.7 Å². The number of nitrogens with zero attached hydrogens (tertiary/aromatic N) is 2. The molecular weight excluding hydrogens is 421 g/mol. The van der Waals surface area contributed by atoms with Crippen molar-refractivity contribution in [3.8, 4) is 11.3 Å². The van der Waals surface area contributed by atoms with Crippen molar-refractivity contribution in [1.82, 2.24) is 19.8 Å². The topological polar surface area (TPSA) is 119 Å². The van der Waals surface area contributed by atoms with Gasteiger partial charge in [0.2, 0.25) is 10.0 Å². The van der Waals surface area contributed by atoms with Gasteiger partial charge in [0.25, 0.3) is 5.91 Å². The second-order valence-corrected chi connectivity index (χ2v) is 9.55. The van der Waals surface area contributed by atoms with Crippen LogP contribution in [0, 0.1) is 11.7 Å². The Labute approximate surface area is 173 Å². The number of rotatable bonds is 6. The largest absolute Gasteiger partial charge is 0.340 e. The minimum Gasteiger partial charge on any atom is -0.340 e. The fraction of sp³-hybridized carbons (Fsp3) is 0.444. The molecule has 1 aliphatic rings. The molecule has 0 saturated heterocycles. The van der Waals surface area contributed by atoms with Gasteiger partial charge in [-0.05, 0) is 37.3 Å². The molecule has 1 aliphatic carbocycles. The van der Waals surface area contributed by atoms with Gasteiger partial charge in [-0.1, -0.05) is 18.0 Å². The lowest BCUT2D eigenvalue weighted by molar-refractivity contribution is 0.0941. The van der Waals surface area contributed by atoms with Gasteiger partial charge in [-0.25, -0.2) is 17.8 Å². The number of amides is 1. The van der Waals surface area contributed by atoms with E-state index in [0.29, 0.717) is 17.7 Å². The molecule has 3 rings (SSSR count). The fourth-order valence-electron chi connectivity index (χ4n) is 3.49. The number of hydrogen-bond acceptors (Lipinski definition) is 5. The molecule has 0 unspecified atom stereocenters. The molecule has 0 radical (unpaired) electrons. The summed E-state index contributed by atoms with van der Waals surface area (Å²) in [7, 11) is -2.03. The Morgan fingerprint density at radius 1 is 1.41 bits per heavy atom. The third-order valence-electron chi connectivity index (χ3n) is 4.87. The highest BCUT2D eigenvalue weighted by atomic mass is 35.5. The van der Waals surface area contributed by atoms with Crippen LogP contribution in [0.5, 0.6) is 0 Å². The van der Waals surface area contributed by atoms with Gasteiger partial charge in [0, 0.05) is 24.8 Å². The molecule has 1 aromatic heterocycles. The van der Waals surface area contributed by atoms with Gasteiger partial charge in [0.1, 0.15) is 0 Å². The van der Waals surface area contributed by atoms with E-state index in [0.717, 1.165) is 19.3 Å². The summed E-state index contributed by atoms with van der Waals surface area (Å²) in [6.07, 6.45) is 6.37. The molecule has 0 spiro atoms. The van der Waals surface area contributed by atoms with Crippen LogP contribution in [0.4, 0.5) is 4.39 Å². The zero-order valence-corrected chi connectivity index (χ0v) is 17.4. The van der Waals surface area contributed by atoms with E-state index in [2.05, 4.69) is 10.4 Å². The summed E-state index contributed by atoms with van der Waals surface area (Å²) in [6.45, 7) is 0. The number of halogens is 2. The van der Waals surface area contributed by atoms with Crippen LogP contribution in [0.1, 0.15) is 36.0 Å². The van der Waals surface area contributed by atoms with Gasteiger partial charge >= 0.3 is 0 Å². The maximum absolute atomic E-state index is 14.4. The number of nitrogens with two attached hydrogens (primary N) is 1. The fourth-order valence-corrected chi connectivity index (χ4v) is 4.97. The lowest BCUT2D eigenvalue weighted by Gasteiger charge is -2.26. The summed E-state index contributed by atoms with van der Waals surface area (Å²) in [6, 6.07) is 2.61. The summed E-state index contributed by atoms with van der Waals surface area (Å²) < 4.78 is 40.6. The van der Waals surface area contributed by atoms with Crippen LogP contribution in [-0.4, -0.2) is 35.7 Å². The van der Waals surface area contributed by atoms with E-state index >= 15 is 0 Å². The summed E-state index contributed by atoms with van der Waals surface area (Å²) in [5.41, 5.74) is 8.49. The smallest absolute Gasteiger partial charge is 0.269 e. The predicted octanol–water partition coefficient (Wildman–Crippen LogP) is 1.96. The van der Waals surface area contributed by atoms with Crippen molar-refractivity contribution in [2.45, 2.75) is 31.7 Å². The third kappa shape index (κ3) is 5.53. The minimum atomic E-state index is -3.80. The van der Waals surface area contributed by atoms with Gasteiger partial charge in [-0.15, -0.1) is 4.83 Å². The number of hydrogen-bond donors (Lipinski definition) is 3. The Morgan fingerprint density at radius 3 is 2.83 bits per heavy atom. The van der Waals surface area contributed by atoms with E-state index in [9.17, 15) is 17.6 Å². The number of aryl methyl sites for hydroxylation is 1. The number of nitrogens with one attached hydrogen (secondary N) is 2. The molecule has 0 bridgehead atoms. The minimum absolute atomic E-state index is 0.0101. The Hall–Kier alpha value is -2.01. The summed E-state index contributed by atoms with van der Waals surface area (Å²) in [5, 5.41) is -0.266. The first-order valence-electron chi connectivity index (χ1n) is 9.17. The highest BCUT2D eigenvalue weighted by Gasteiger charge is 2.26. The number of imidazole rings is 1. The first-order chi connectivity index (χ1) is 13.6. The quantitative estimate of drug-likeness (QED) is 0.589. The molecule has 2 aromatic rings. The maximum atomic E-state index is 14.4. The number of benzene rings is 1. The highest BCUT2D eigenvalue weighted by Crippen LogP contribution is 2.27. The van der Waals surface area contributed by atoms with Gasteiger partial charge in [0.05, 0.1) is 28.4 Å². The van der Waals surface area contributed by atoms with Crippen molar-refractivity contribution >= 4 is 27.5 Å². The Kier molecular flexibility index (Phi) is 6.57. The number of carbonyl (C=O) groups excluding carboxylic acids is 1. The maximum Gasteiger partial charge on any atom is 0.269 e. The van der Waals surface area contributed by atoms with Gasteiger partial charge in [0.15, 0.2) is 5.82 Å². The number of hydrazine groups is 1. The molecule has 1 amide bonds. The van der Waals surface area contributed by atoms with Crippen LogP contribution in [0.2, 0.25) is 5.02 Å². The molecular formula is C18H23ClFN5O3S. The standard InChI is InChI=1S/C18H23ClFN5O3S/c1-25-8-16(22-10-25)12-6-14(17(20)15(19)7-12)18(26)23-24-29(27,28)9-11-3-2-4-13(21)5-11/h6-8,10-11,13,24H,2-5,9,21H2,1H3,(H,23,26)/t11-,13-/m0/s1. The molecule has 1 aromatic carbocycles. The second-order valence-electron chi connectivity index (χ2n) is 7.37. The summed E-state index contributed by atoms with van der Waals surface area (Å²) in [4.78, 5) is 18.6. The molecule has 29 heavy (non-hydrogen) atoms. The molecule has 1 saturated carbocycles. The summed E-state index contributed by atoms with van der Waals surface area (Å²) >= 11 is 5.91. The number of aromatic nitrogens is 2. The third-order valence-corrected chi connectivity index (χ3v) is 6.47. The lowest BCUT2D eigenvalue weighted by atomic mass is 9.87. The van der Waals surface area contributed by atoms with E-state index in [1.54, 1.807) is 24.1 Å². The van der Waals surface area contributed by atoms with Crippen LogP contribution in [0.3, 0.4) is 0 Å². The normalized spacial score (nSPS) is 19.9. The highest BCUT2D eigenvalue weighted by molar-refractivity contribution is 7.89. The molecule has 158 valence electrons. The first-order valence-corrected chi connectivity index (χ1v) is 11.2. The monoisotopic (exact) mass is 443 g/mol. The molecule has 0 aliphatic heterocycles. The van der Waals surface area contributed by atoms with Crippen molar-refractivity contribution in [1.29, 1.82) is 0 Å². The Morgan fingerprint density at radius 2 is 2.17 bits per heavy atom. The molecule has 11 heteroatoms. The molecule has 4 N–H and O–H groups in total. The van der Waals surface area contributed by atoms with Crippen LogP contribution in [0.15, 0.2) is 24.7 Å². The van der Waals surface area contributed by atoms with E-state index in [1.165, 1.54) is 12.1 Å². The van der Waals surface area contributed by atoms with Crippen molar-refractivity contribution in [3.05, 3.63) is 41.1 Å². The molecule has 2 atom stereocenters. The Bertz CT molecular complexity index is 1010. The second kappa shape index (κ2) is 8.78. The number of carbonyl (C=O) groups is 1. The summed E-state index contributed by atoms with van der Waals surface area (Å²) in [5.74, 6) is -2.13. The van der Waals surface area contributed by atoms with Gasteiger partial charge in [-0.2, -0.15) is 0 Å². The molecule has 1 fully saturated rings. The van der Waals surface area contributed by atoms with E-state index in [1.807, 2.05) is 4.83 Å². The van der Waals surface area contributed by atoms with Crippen molar-refractivity contribution in [2.75, 3.05) is 5.75 Å². The van der Waals surface area contributed by atoms with Crippen LogP contribution in [0.25, 0.3) is 11.3 Å². The molecule has 8 nitrogen and oxygen atoms in total. The predicted molar refractivity (Wildman–Crippen MR) is 108 cm³/mol. The average Bonchev–Trinajstić information content (AvgIpc) is 3.08. The SMILES string of the molecule is Cn1cnc(-c2cc(Cl)c(F)c(C(=O)NNS(=O)(=O)C[C@H]3CCC[C@H](N)C3)c2)c1. The van der Waals surface area contributed by atoms with Gasteiger partial charge in [-0.3, -0.25) is 10.2 Å². The lowest BCUT2D eigenvalue weighted by Crippen LogP contribution is -2.44.